The van der Waals surface area contributed by atoms with Crippen LogP contribution in [0.4, 0.5) is 0 Å². The van der Waals surface area contributed by atoms with Crippen LogP contribution in [0.5, 0.6) is 0 Å². The molecule has 1 heterocycles. The molecule has 2 N–H and O–H groups in total. The molecule has 0 saturated carbocycles. The Hall–Kier alpha value is -1.86. The molecule has 1 atom stereocenters. The fraction of sp³-hybridized carbons (Fsp3) is 0.286. The van der Waals surface area contributed by atoms with Gasteiger partial charge in [-0.2, -0.15) is 5.10 Å². The van der Waals surface area contributed by atoms with Gasteiger partial charge in [-0.25, -0.2) is 0 Å². The lowest BCUT2D eigenvalue weighted by Gasteiger charge is -2.07. The van der Waals surface area contributed by atoms with Crippen molar-refractivity contribution in [2.24, 2.45) is 15.9 Å². The van der Waals surface area contributed by atoms with Crippen LogP contribution in [0.25, 0.3) is 0 Å². The van der Waals surface area contributed by atoms with E-state index < -0.39 is 5.25 Å². The third-order valence-corrected chi connectivity index (χ3v) is 4.39. The van der Waals surface area contributed by atoms with E-state index in [0.29, 0.717) is 10.7 Å². The molecule has 0 radical (unpaired) electrons. The second-order valence-electron chi connectivity index (χ2n) is 4.73. The molecule has 1 aromatic carbocycles. The summed E-state index contributed by atoms with van der Waals surface area (Å²) in [4.78, 5) is 24.3. The Morgan fingerprint density at radius 3 is 2.50 bits per heavy atom. The molecule has 1 aliphatic heterocycles. The number of amides is 2. The molecule has 0 aromatic heterocycles. The molecule has 1 aromatic rings. The number of carbonyl (C=O) groups is 2. The van der Waals surface area contributed by atoms with Gasteiger partial charge in [-0.3, -0.25) is 14.5 Å². The van der Waals surface area contributed by atoms with E-state index in [1.54, 1.807) is 19.1 Å². The first kappa shape index (κ1) is 16.5. The number of nitrogens with two attached hydrogens (primary N) is 1. The van der Waals surface area contributed by atoms with Crippen LogP contribution in [0.1, 0.15) is 18.9 Å². The Balaban J connectivity index is 2.03. The molecule has 116 valence electrons. The Morgan fingerprint density at radius 2 is 1.95 bits per heavy atom. The van der Waals surface area contributed by atoms with Gasteiger partial charge in [-0.05, 0) is 24.6 Å². The minimum atomic E-state index is -0.521. The van der Waals surface area contributed by atoms with E-state index in [1.165, 1.54) is 7.05 Å². The van der Waals surface area contributed by atoms with Crippen molar-refractivity contribution in [1.29, 1.82) is 0 Å². The van der Waals surface area contributed by atoms with Crippen molar-refractivity contribution in [3.05, 3.63) is 34.9 Å². The molecular formula is C14H15ClN4O2S. The summed E-state index contributed by atoms with van der Waals surface area (Å²) in [5, 5.41) is 8.21. The summed E-state index contributed by atoms with van der Waals surface area (Å²) in [7, 11) is 1.46. The van der Waals surface area contributed by atoms with Gasteiger partial charge in [-0.1, -0.05) is 35.5 Å². The number of rotatable bonds is 3. The maximum absolute atomic E-state index is 11.8. The number of likely N-dealkylation sites (tertiary alicyclic amines) is 1. The molecule has 1 aliphatic rings. The number of carbonyl (C=O) groups excluding carboxylic acids is 2. The molecule has 1 saturated heterocycles. The normalized spacial score (nSPS) is 20.0. The van der Waals surface area contributed by atoms with Crippen molar-refractivity contribution in [3.8, 4) is 0 Å². The van der Waals surface area contributed by atoms with Gasteiger partial charge >= 0.3 is 0 Å². The maximum atomic E-state index is 11.8. The van der Waals surface area contributed by atoms with Crippen LogP contribution >= 0.6 is 23.4 Å². The molecule has 2 amide bonds. The monoisotopic (exact) mass is 338 g/mol. The minimum Gasteiger partial charge on any atom is -0.377 e. The van der Waals surface area contributed by atoms with E-state index in [-0.39, 0.29) is 23.4 Å². The molecule has 0 bridgehead atoms. The zero-order chi connectivity index (χ0) is 16.3. The second kappa shape index (κ2) is 6.93. The van der Waals surface area contributed by atoms with Crippen molar-refractivity contribution in [3.63, 3.8) is 0 Å². The summed E-state index contributed by atoms with van der Waals surface area (Å²) < 4.78 is 0. The number of halogens is 1. The quantitative estimate of drug-likeness (QED) is 0.394. The van der Waals surface area contributed by atoms with Crippen LogP contribution in [-0.2, 0) is 9.59 Å². The molecule has 22 heavy (non-hydrogen) atoms. The summed E-state index contributed by atoms with van der Waals surface area (Å²) in [6.07, 6.45) is 0.135. The molecule has 2 rings (SSSR count). The minimum absolute atomic E-state index is 0.135. The summed E-state index contributed by atoms with van der Waals surface area (Å²) >= 11 is 6.87. The zero-order valence-corrected chi connectivity index (χ0v) is 13.7. The lowest BCUT2D eigenvalue weighted by molar-refractivity contribution is -0.136. The zero-order valence-electron chi connectivity index (χ0n) is 12.1. The number of imide groups is 1. The second-order valence-corrected chi connectivity index (χ2v) is 6.39. The van der Waals surface area contributed by atoms with Crippen molar-refractivity contribution < 1.29 is 9.59 Å². The number of hydrogen-bond donors (Lipinski definition) is 1. The number of nitrogens with zero attached hydrogens (tertiary/aromatic N) is 3. The predicted molar refractivity (Wildman–Crippen MR) is 89.1 cm³/mol. The van der Waals surface area contributed by atoms with Crippen molar-refractivity contribution in [2.45, 2.75) is 18.6 Å². The van der Waals surface area contributed by atoms with Crippen molar-refractivity contribution in [2.75, 3.05) is 7.05 Å². The fourth-order valence-corrected chi connectivity index (χ4v) is 2.85. The van der Waals surface area contributed by atoms with Gasteiger partial charge in [-0.15, -0.1) is 5.10 Å². The highest BCUT2D eigenvalue weighted by atomic mass is 35.5. The molecule has 0 spiro atoms. The SMILES string of the molecule is CC(=NN=C(N)SC1CC(=O)N(C)C1=O)c1ccc(Cl)cc1. The Kier molecular flexibility index (Phi) is 5.20. The highest BCUT2D eigenvalue weighted by Gasteiger charge is 2.37. The molecule has 1 fully saturated rings. The standard InChI is InChI=1S/C14H15ClN4O2S/c1-8(9-3-5-10(15)6-4-9)17-18-14(16)22-11-7-12(20)19(2)13(11)21/h3-6,11H,7H2,1-2H3,(H2,16,18). The Bertz CT molecular complexity index is 657. The Morgan fingerprint density at radius 1 is 1.32 bits per heavy atom. The van der Waals surface area contributed by atoms with Gasteiger partial charge in [0, 0.05) is 18.5 Å². The number of amidine groups is 1. The summed E-state index contributed by atoms with van der Waals surface area (Å²) in [6, 6.07) is 7.18. The molecule has 1 unspecified atom stereocenters. The van der Waals surface area contributed by atoms with Crippen LogP contribution in [-0.4, -0.2) is 39.9 Å². The largest absolute Gasteiger partial charge is 0.377 e. The Labute approximate surface area is 137 Å². The van der Waals surface area contributed by atoms with E-state index >= 15 is 0 Å². The van der Waals surface area contributed by atoms with E-state index in [2.05, 4.69) is 10.2 Å². The lowest BCUT2D eigenvalue weighted by Crippen LogP contribution is -2.27. The van der Waals surface area contributed by atoms with Gasteiger partial charge < -0.3 is 5.73 Å². The maximum Gasteiger partial charge on any atom is 0.243 e. The van der Waals surface area contributed by atoms with Gasteiger partial charge in [0.05, 0.1) is 5.71 Å². The van der Waals surface area contributed by atoms with Crippen LogP contribution in [0, 0.1) is 0 Å². The molecule has 0 aliphatic carbocycles. The lowest BCUT2D eigenvalue weighted by atomic mass is 10.1. The summed E-state index contributed by atoms with van der Waals surface area (Å²) in [6.45, 7) is 1.79. The van der Waals surface area contributed by atoms with E-state index in [0.717, 1.165) is 22.2 Å². The van der Waals surface area contributed by atoms with E-state index in [9.17, 15) is 9.59 Å². The van der Waals surface area contributed by atoms with Gasteiger partial charge in [0.15, 0.2) is 5.17 Å². The van der Waals surface area contributed by atoms with Crippen LogP contribution < -0.4 is 5.73 Å². The van der Waals surface area contributed by atoms with E-state index in [4.69, 9.17) is 17.3 Å². The first-order chi connectivity index (χ1) is 10.4. The first-order valence-corrected chi connectivity index (χ1v) is 7.75. The van der Waals surface area contributed by atoms with Gasteiger partial charge in [0.1, 0.15) is 5.25 Å². The van der Waals surface area contributed by atoms with Gasteiger partial charge in [0.25, 0.3) is 0 Å². The summed E-state index contributed by atoms with van der Waals surface area (Å²) in [5.41, 5.74) is 7.31. The van der Waals surface area contributed by atoms with Crippen molar-refractivity contribution >= 4 is 46.1 Å². The highest BCUT2D eigenvalue weighted by molar-refractivity contribution is 8.14. The average molecular weight is 339 g/mol. The molecule has 6 nitrogen and oxygen atoms in total. The van der Waals surface area contributed by atoms with Crippen LogP contribution in [0.15, 0.2) is 34.5 Å². The number of hydrogen-bond acceptors (Lipinski definition) is 5. The molecule has 8 heteroatoms. The first-order valence-electron chi connectivity index (χ1n) is 6.49. The van der Waals surface area contributed by atoms with Crippen LogP contribution in [0.2, 0.25) is 5.02 Å². The topological polar surface area (TPSA) is 88.1 Å². The highest BCUT2D eigenvalue weighted by Crippen LogP contribution is 2.24. The van der Waals surface area contributed by atoms with E-state index in [1.807, 2.05) is 12.1 Å². The van der Waals surface area contributed by atoms with Crippen molar-refractivity contribution in [1.82, 2.24) is 4.90 Å². The average Bonchev–Trinajstić information content (AvgIpc) is 2.73. The smallest absolute Gasteiger partial charge is 0.243 e. The predicted octanol–water partition coefficient (Wildman–Crippen LogP) is 1.87. The third kappa shape index (κ3) is 3.86. The number of thioether (sulfide) groups is 1. The molecular weight excluding hydrogens is 324 g/mol. The number of benzene rings is 1. The third-order valence-electron chi connectivity index (χ3n) is 3.16. The van der Waals surface area contributed by atoms with Crippen LogP contribution in [0.3, 0.4) is 0 Å². The summed E-state index contributed by atoms with van der Waals surface area (Å²) in [5.74, 6) is -0.470. The fourth-order valence-electron chi connectivity index (χ4n) is 1.86. The van der Waals surface area contributed by atoms with Gasteiger partial charge in [0.2, 0.25) is 11.8 Å².